The molecule has 1 aromatic heterocycles. The number of hydrogen-bond acceptors (Lipinski definition) is 4. The van der Waals surface area contributed by atoms with Crippen molar-refractivity contribution in [3.63, 3.8) is 0 Å². The first-order valence-electron chi connectivity index (χ1n) is 6.55. The van der Waals surface area contributed by atoms with Crippen LogP contribution in [0.5, 0.6) is 0 Å². The number of fused-ring (bicyclic) bond motifs is 1. The second-order valence-corrected chi connectivity index (χ2v) is 6.12. The van der Waals surface area contributed by atoms with E-state index in [-0.39, 0.29) is 0 Å². The summed E-state index contributed by atoms with van der Waals surface area (Å²) in [7, 11) is 0. The summed E-state index contributed by atoms with van der Waals surface area (Å²) in [5.41, 5.74) is 2.55. The van der Waals surface area contributed by atoms with E-state index in [2.05, 4.69) is 39.6 Å². The van der Waals surface area contributed by atoms with Gasteiger partial charge in [0.1, 0.15) is 5.82 Å². The van der Waals surface area contributed by atoms with Crippen molar-refractivity contribution in [3.05, 3.63) is 53.6 Å². The van der Waals surface area contributed by atoms with Crippen LogP contribution in [0.2, 0.25) is 0 Å². The van der Waals surface area contributed by atoms with Crippen LogP contribution >= 0.6 is 11.8 Å². The Morgan fingerprint density at radius 2 is 2.21 bits per heavy atom. The predicted molar refractivity (Wildman–Crippen MR) is 78.3 cm³/mol. The Morgan fingerprint density at radius 3 is 3.05 bits per heavy atom. The van der Waals surface area contributed by atoms with E-state index in [0.29, 0.717) is 5.25 Å². The average Bonchev–Trinajstić information content (AvgIpc) is 2.81. The summed E-state index contributed by atoms with van der Waals surface area (Å²) in [6.45, 7) is 3.76. The Morgan fingerprint density at radius 1 is 1.32 bits per heavy atom. The molecular formula is C15H17N3S. The average molecular weight is 271 g/mol. The molecule has 0 saturated heterocycles. The van der Waals surface area contributed by atoms with Crippen molar-refractivity contribution in [3.8, 4) is 0 Å². The highest BCUT2D eigenvalue weighted by Crippen LogP contribution is 2.36. The first-order valence-corrected chi connectivity index (χ1v) is 7.43. The van der Waals surface area contributed by atoms with Crippen LogP contribution < -0.4 is 5.32 Å². The summed E-state index contributed by atoms with van der Waals surface area (Å²) < 4.78 is 0. The van der Waals surface area contributed by atoms with E-state index in [1.165, 1.54) is 10.5 Å². The van der Waals surface area contributed by atoms with Crippen LogP contribution in [-0.4, -0.2) is 21.8 Å². The van der Waals surface area contributed by atoms with Gasteiger partial charge in [0.25, 0.3) is 0 Å². The van der Waals surface area contributed by atoms with Gasteiger partial charge in [0.15, 0.2) is 0 Å². The molecule has 1 aliphatic rings. The lowest BCUT2D eigenvalue weighted by Gasteiger charge is -2.09. The van der Waals surface area contributed by atoms with Gasteiger partial charge in [-0.1, -0.05) is 18.2 Å². The van der Waals surface area contributed by atoms with Crippen molar-refractivity contribution in [1.82, 2.24) is 15.3 Å². The molecule has 0 fully saturated rings. The SMILES string of the molecule is Cc1nccc(CNCC2Cc3ccccc3S2)n1. The van der Waals surface area contributed by atoms with Gasteiger partial charge < -0.3 is 5.32 Å². The third kappa shape index (κ3) is 3.14. The van der Waals surface area contributed by atoms with Crippen molar-refractivity contribution in [2.24, 2.45) is 0 Å². The largest absolute Gasteiger partial charge is 0.310 e. The minimum atomic E-state index is 0.639. The van der Waals surface area contributed by atoms with Crippen molar-refractivity contribution in [2.45, 2.75) is 30.0 Å². The van der Waals surface area contributed by atoms with E-state index in [4.69, 9.17) is 0 Å². The molecule has 3 nitrogen and oxygen atoms in total. The third-order valence-electron chi connectivity index (χ3n) is 3.23. The Hall–Kier alpha value is -1.39. The zero-order chi connectivity index (χ0) is 13.1. The summed E-state index contributed by atoms with van der Waals surface area (Å²) >= 11 is 1.98. The van der Waals surface area contributed by atoms with E-state index < -0.39 is 0 Å². The molecule has 4 heteroatoms. The third-order valence-corrected chi connectivity index (χ3v) is 4.54. The highest BCUT2D eigenvalue weighted by Gasteiger charge is 2.20. The second-order valence-electron chi connectivity index (χ2n) is 4.78. The number of thioether (sulfide) groups is 1. The number of hydrogen-bond donors (Lipinski definition) is 1. The Balaban J connectivity index is 1.50. The van der Waals surface area contributed by atoms with Gasteiger partial charge in [0.2, 0.25) is 0 Å². The normalized spacial score (nSPS) is 17.4. The summed E-state index contributed by atoms with van der Waals surface area (Å²) in [6.07, 6.45) is 2.98. The smallest absolute Gasteiger partial charge is 0.125 e. The van der Waals surface area contributed by atoms with Gasteiger partial charge in [-0.05, 0) is 31.0 Å². The molecule has 1 atom stereocenters. The maximum Gasteiger partial charge on any atom is 0.125 e. The van der Waals surface area contributed by atoms with Gasteiger partial charge in [-0.25, -0.2) is 9.97 Å². The van der Waals surface area contributed by atoms with Crippen LogP contribution in [0.25, 0.3) is 0 Å². The number of aryl methyl sites for hydroxylation is 1. The van der Waals surface area contributed by atoms with Gasteiger partial charge in [0, 0.05) is 29.4 Å². The fourth-order valence-electron chi connectivity index (χ4n) is 2.33. The minimum Gasteiger partial charge on any atom is -0.310 e. The van der Waals surface area contributed by atoms with Crippen molar-refractivity contribution in [1.29, 1.82) is 0 Å². The molecule has 1 aliphatic heterocycles. The van der Waals surface area contributed by atoms with Gasteiger partial charge in [0.05, 0.1) is 5.69 Å². The fourth-order valence-corrected chi connectivity index (χ4v) is 3.62. The number of rotatable bonds is 4. The summed E-state index contributed by atoms with van der Waals surface area (Å²) in [5.74, 6) is 0.835. The number of aromatic nitrogens is 2. The van der Waals surface area contributed by atoms with E-state index in [1.807, 2.05) is 30.9 Å². The molecule has 98 valence electrons. The Bertz CT molecular complexity index is 546. The van der Waals surface area contributed by atoms with Crippen LogP contribution in [0.3, 0.4) is 0 Å². The lowest BCUT2D eigenvalue weighted by molar-refractivity contribution is 0.652. The first kappa shape index (κ1) is 12.6. The first-order chi connectivity index (χ1) is 9.31. The van der Waals surface area contributed by atoms with E-state index in [0.717, 1.165) is 31.0 Å². The molecule has 0 bridgehead atoms. The summed E-state index contributed by atoms with van der Waals surface area (Å²) in [4.78, 5) is 9.94. The van der Waals surface area contributed by atoms with Crippen LogP contribution in [0.15, 0.2) is 41.4 Å². The predicted octanol–water partition coefficient (Wildman–Crippen LogP) is 2.59. The summed E-state index contributed by atoms with van der Waals surface area (Å²) in [5, 5.41) is 4.13. The number of nitrogens with zero attached hydrogens (tertiary/aromatic N) is 2. The van der Waals surface area contributed by atoms with Crippen molar-refractivity contribution < 1.29 is 0 Å². The second kappa shape index (κ2) is 5.72. The maximum atomic E-state index is 4.40. The molecule has 0 aliphatic carbocycles. The topological polar surface area (TPSA) is 37.8 Å². The summed E-state index contributed by atoms with van der Waals surface area (Å²) in [6, 6.07) is 10.7. The number of nitrogens with one attached hydrogen (secondary N) is 1. The zero-order valence-electron chi connectivity index (χ0n) is 11.0. The van der Waals surface area contributed by atoms with Crippen LogP contribution in [0.1, 0.15) is 17.1 Å². The van der Waals surface area contributed by atoms with E-state index in [9.17, 15) is 0 Å². The van der Waals surface area contributed by atoms with E-state index in [1.54, 1.807) is 0 Å². The molecule has 19 heavy (non-hydrogen) atoms. The van der Waals surface area contributed by atoms with Crippen LogP contribution in [0.4, 0.5) is 0 Å². The highest BCUT2D eigenvalue weighted by atomic mass is 32.2. The molecule has 0 spiro atoms. The quantitative estimate of drug-likeness (QED) is 0.927. The van der Waals surface area contributed by atoms with Gasteiger partial charge >= 0.3 is 0 Å². The maximum absolute atomic E-state index is 4.40. The lowest BCUT2D eigenvalue weighted by Crippen LogP contribution is -2.24. The number of benzene rings is 1. The molecule has 0 amide bonds. The van der Waals surface area contributed by atoms with E-state index >= 15 is 0 Å². The van der Waals surface area contributed by atoms with Crippen LogP contribution in [-0.2, 0) is 13.0 Å². The molecule has 0 radical (unpaired) electrons. The minimum absolute atomic E-state index is 0.639. The van der Waals surface area contributed by atoms with Crippen molar-refractivity contribution in [2.75, 3.05) is 6.54 Å². The highest BCUT2D eigenvalue weighted by molar-refractivity contribution is 8.00. The van der Waals surface area contributed by atoms with Gasteiger partial charge in [-0.15, -0.1) is 11.8 Å². The fraction of sp³-hybridized carbons (Fsp3) is 0.333. The molecular weight excluding hydrogens is 254 g/mol. The van der Waals surface area contributed by atoms with Crippen LogP contribution in [0, 0.1) is 6.92 Å². The molecule has 1 N–H and O–H groups in total. The standard InChI is InChI=1S/C15H17N3S/c1-11-17-7-6-13(18-11)9-16-10-14-8-12-4-2-3-5-15(12)19-14/h2-7,14,16H,8-10H2,1H3. The zero-order valence-corrected chi connectivity index (χ0v) is 11.8. The van der Waals surface area contributed by atoms with Gasteiger partial charge in [-0.2, -0.15) is 0 Å². The molecule has 1 aromatic carbocycles. The molecule has 2 heterocycles. The van der Waals surface area contributed by atoms with Crippen molar-refractivity contribution >= 4 is 11.8 Å². The Labute approximate surface area is 117 Å². The Kier molecular flexibility index (Phi) is 3.80. The molecule has 1 unspecified atom stereocenters. The molecule has 2 aromatic rings. The molecule has 0 saturated carbocycles. The monoisotopic (exact) mass is 271 g/mol. The lowest BCUT2D eigenvalue weighted by atomic mass is 10.1. The van der Waals surface area contributed by atoms with Gasteiger partial charge in [-0.3, -0.25) is 0 Å². The molecule has 3 rings (SSSR count).